The second-order valence-corrected chi connectivity index (χ2v) is 6.15. The van der Waals surface area contributed by atoms with E-state index in [2.05, 4.69) is 17.1 Å². The quantitative estimate of drug-likeness (QED) is 0.908. The van der Waals surface area contributed by atoms with Crippen LogP contribution < -0.4 is 0 Å². The molecule has 2 aliphatic carbocycles. The van der Waals surface area contributed by atoms with Gasteiger partial charge in [0.05, 0.1) is 5.92 Å². The Kier molecular flexibility index (Phi) is 3.29. The number of aromatic nitrogens is 2. The maximum atomic E-state index is 11.0. The van der Waals surface area contributed by atoms with Crippen molar-refractivity contribution >= 4 is 5.97 Å². The molecule has 2 aliphatic rings. The molecule has 0 saturated heterocycles. The zero-order valence-electron chi connectivity index (χ0n) is 11.2. The Morgan fingerprint density at radius 1 is 1.21 bits per heavy atom. The maximum Gasteiger partial charge on any atom is 0.306 e. The average Bonchev–Trinajstić information content (AvgIpc) is 3.07. The summed E-state index contributed by atoms with van der Waals surface area (Å²) >= 11 is 0. The maximum absolute atomic E-state index is 11.0. The van der Waals surface area contributed by atoms with E-state index >= 15 is 0 Å². The van der Waals surface area contributed by atoms with Crippen LogP contribution in [0.3, 0.4) is 0 Å². The fraction of sp³-hybridized carbons (Fsp3) is 0.786. The molecule has 0 amide bonds. The molecule has 2 fully saturated rings. The molecule has 19 heavy (non-hydrogen) atoms. The predicted molar refractivity (Wildman–Crippen MR) is 67.8 cm³/mol. The molecule has 0 radical (unpaired) electrons. The largest absolute Gasteiger partial charge is 0.481 e. The Hall–Kier alpha value is -1.39. The molecule has 4 atom stereocenters. The van der Waals surface area contributed by atoms with Crippen molar-refractivity contribution < 1.29 is 14.4 Å². The number of hydrogen-bond donors (Lipinski definition) is 1. The Bertz CT molecular complexity index is 471. The monoisotopic (exact) mass is 264 g/mol. The molecule has 0 aliphatic heterocycles. The van der Waals surface area contributed by atoms with Crippen LogP contribution in [0.5, 0.6) is 0 Å². The standard InChI is InChI=1S/C14H20N2O3/c1-8-2-3-9(6-8)12-15-13(19-16-12)10-4-5-11(7-10)14(17)18/h8-11H,2-7H2,1H3,(H,17,18). The van der Waals surface area contributed by atoms with Crippen LogP contribution >= 0.6 is 0 Å². The molecule has 0 spiro atoms. The fourth-order valence-corrected chi connectivity index (χ4v) is 3.45. The number of carboxylic acids is 1. The Balaban J connectivity index is 1.67. The van der Waals surface area contributed by atoms with E-state index in [9.17, 15) is 4.79 Å². The van der Waals surface area contributed by atoms with Crippen LogP contribution in [-0.2, 0) is 4.79 Å². The normalized spacial score (nSPS) is 34.8. The first kappa shape index (κ1) is 12.6. The van der Waals surface area contributed by atoms with Gasteiger partial charge in [-0.1, -0.05) is 12.1 Å². The van der Waals surface area contributed by atoms with E-state index in [0.717, 1.165) is 37.4 Å². The molecule has 1 aromatic rings. The molecule has 0 bridgehead atoms. The zero-order chi connectivity index (χ0) is 13.4. The molecule has 1 heterocycles. The second-order valence-electron chi connectivity index (χ2n) is 6.15. The van der Waals surface area contributed by atoms with Crippen LogP contribution in [0.1, 0.15) is 69.0 Å². The van der Waals surface area contributed by atoms with Crippen molar-refractivity contribution in [2.75, 3.05) is 0 Å². The van der Waals surface area contributed by atoms with Gasteiger partial charge in [0.15, 0.2) is 5.82 Å². The third-order valence-corrected chi connectivity index (χ3v) is 4.65. The van der Waals surface area contributed by atoms with Crippen molar-refractivity contribution in [3.63, 3.8) is 0 Å². The van der Waals surface area contributed by atoms with Crippen LogP contribution in [0.15, 0.2) is 4.52 Å². The summed E-state index contributed by atoms with van der Waals surface area (Å²) in [6, 6.07) is 0. The summed E-state index contributed by atoms with van der Waals surface area (Å²) in [5.74, 6) is 1.86. The van der Waals surface area contributed by atoms with Crippen LogP contribution in [0.4, 0.5) is 0 Å². The lowest BCUT2D eigenvalue weighted by Gasteiger charge is -2.03. The smallest absolute Gasteiger partial charge is 0.306 e. The van der Waals surface area contributed by atoms with Gasteiger partial charge in [0, 0.05) is 11.8 Å². The minimum absolute atomic E-state index is 0.140. The van der Waals surface area contributed by atoms with E-state index in [1.54, 1.807) is 0 Å². The van der Waals surface area contributed by atoms with Gasteiger partial charge >= 0.3 is 5.97 Å². The first-order chi connectivity index (χ1) is 9.13. The highest BCUT2D eigenvalue weighted by molar-refractivity contribution is 5.70. The van der Waals surface area contributed by atoms with Gasteiger partial charge in [0.2, 0.25) is 5.89 Å². The topological polar surface area (TPSA) is 76.2 Å². The highest BCUT2D eigenvalue weighted by Crippen LogP contribution is 2.40. The molecule has 5 nitrogen and oxygen atoms in total. The van der Waals surface area contributed by atoms with E-state index < -0.39 is 5.97 Å². The van der Waals surface area contributed by atoms with Crippen LogP contribution in [-0.4, -0.2) is 21.2 Å². The van der Waals surface area contributed by atoms with Gasteiger partial charge in [-0.3, -0.25) is 4.79 Å². The molecule has 4 unspecified atom stereocenters. The number of aliphatic carboxylic acids is 1. The summed E-state index contributed by atoms with van der Waals surface area (Å²) in [4.78, 5) is 15.5. The van der Waals surface area contributed by atoms with E-state index in [-0.39, 0.29) is 11.8 Å². The molecule has 2 saturated carbocycles. The number of hydrogen-bond acceptors (Lipinski definition) is 4. The summed E-state index contributed by atoms with van der Waals surface area (Å²) in [5.41, 5.74) is 0. The Morgan fingerprint density at radius 2 is 2.00 bits per heavy atom. The van der Waals surface area contributed by atoms with Gasteiger partial charge in [0.25, 0.3) is 0 Å². The van der Waals surface area contributed by atoms with Gasteiger partial charge in [-0.25, -0.2) is 0 Å². The fourth-order valence-electron chi connectivity index (χ4n) is 3.45. The lowest BCUT2D eigenvalue weighted by Crippen LogP contribution is -2.09. The van der Waals surface area contributed by atoms with Gasteiger partial charge in [-0.15, -0.1) is 0 Å². The molecule has 1 aromatic heterocycles. The van der Waals surface area contributed by atoms with Crippen molar-refractivity contribution in [1.29, 1.82) is 0 Å². The molecule has 3 rings (SSSR count). The molecule has 0 aromatic carbocycles. The summed E-state index contributed by atoms with van der Waals surface area (Å²) in [7, 11) is 0. The van der Waals surface area contributed by atoms with Crippen molar-refractivity contribution in [2.24, 2.45) is 11.8 Å². The SMILES string of the molecule is CC1CCC(c2noc(C3CCC(C(=O)O)C3)n2)C1. The van der Waals surface area contributed by atoms with Gasteiger partial charge in [-0.05, 0) is 44.4 Å². The lowest BCUT2D eigenvalue weighted by atomic mass is 10.0. The van der Waals surface area contributed by atoms with Crippen molar-refractivity contribution in [2.45, 2.75) is 57.3 Å². The Labute approximate surface area is 112 Å². The zero-order valence-corrected chi connectivity index (χ0v) is 11.2. The van der Waals surface area contributed by atoms with E-state index in [1.807, 2.05) is 0 Å². The number of carboxylic acid groups (broad SMARTS) is 1. The number of nitrogens with zero attached hydrogens (tertiary/aromatic N) is 2. The minimum Gasteiger partial charge on any atom is -0.481 e. The highest BCUT2D eigenvalue weighted by Gasteiger charge is 2.35. The van der Waals surface area contributed by atoms with Gasteiger partial charge in [0.1, 0.15) is 0 Å². The van der Waals surface area contributed by atoms with E-state index in [0.29, 0.717) is 18.2 Å². The third kappa shape index (κ3) is 2.51. The summed E-state index contributed by atoms with van der Waals surface area (Å²) in [6.07, 6.45) is 5.72. The minimum atomic E-state index is -0.702. The summed E-state index contributed by atoms with van der Waals surface area (Å²) < 4.78 is 5.37. The highest BCUT2D eigenvalue weighted by atomic mass is 16.5. The van der Waals surface area contributed by atoms with E-state index in [4.69, 9.17) is 9.63 Å². The van der Waals surface area contributed by atoms with E-state index in [1.165, 1.54) is 6.42 Å². The predicted octanol–water partition coefficient (Wildman–Crippen LogP) is 2.94. The van der Waals surface area contributed by atoms with Crippen molar-refractivity contribution in [3.8, 4) is 0 Å². The number of carbonyl (C=O) groups is 1. The van der Waals surface area contributed by atoms with Crippen molar-refractivity contribution in [1.82, 2.24) is 10.1 Å². The molecule has 5 heteroatoms. The average molecular weight is 264 g/mol. The third-order valence-electron chi connectivity index (χ3n) is 4.65. The Morgan fingerprint density at radius 3 is 2.63 bits per heavy atom. The van der Waals surface area contributed by atoms with Crippen LogP contribution in [0.25, 0.3) is 0 Å². The first-order valence-electron chi connectivity index (χ1n) is 7.19. The second kappa shape index (κ2) is 4.94. The van der Waals surface area contributed by atoms with Crippen molar-refractivity contribution in [3.05, 3.63) is 11.7 Å². The first-order valence-corrected chi connectivity index (χ1v) is 7.19. The lowest BCUT2D eigenvalue weighted by molar-refractivity contribution is -0.141. The number of rotatable bonds is 3. The van der Waals surface area contributed by atoms with Crippen LogP contribution in [0, 0.1) is 11.8 Å². The van der Waals surface area contributed by atoms with Crippen LogP contribution in [0.2, 0.25) is 0 Å². The van der Waals surface area contributed by atoms with Gasteiger partial charge < -0.3 is 9.63 Å². The molecule has 104 valence electrons. The molecule has 1 N–H and O–H groups in total. The molecular formula is C14H20N2O3. The summed E-state index contributed by atoms with van der Waals surface area (Å²) in [5, 5.41) is 13.1. The summed E-state index contributed by atoms with van der Waals surface area (Å²) in [6.45, 7) is 2.26. The van der Waals surface area contributed by atoms with Gasteiger partial charge in [-0.2, -0.15) is 4.98 Å². The molecular weight excluding hydrogens is 244 g/mol.